The van der Waals surface area contributed by atoms with Crippen molar-refractivity contribution in [3.05, 3.63) is 34.4 Å². The van der Waals surface area contributed by atoms with Crippen LogP contribution in [0.15, 0.2) is 12.1 Å². The molecule has 0 N–H and O–H groups in total. The van der Waals surface area contributed by atoms with Gasteiger partial charge < -0.3 is 4.79 Å². The molecule has 0 bridgehead atoms. The third-order valence-electron chi connectivity index (χ3n) is 4.02. The normalized spacial score (nSPS) is 17.6. The second-order valence-electron chi connectivity index (χ2n) is 5.62. The van der Waals surface area contributed by atoms with Crippen LogP contribution in [-0.2, 0) is 11.3 Å². The highest BCUT2D eigenvalue weighted by atomic mass is 16.1. The maximum absolute atomic E-state index is 10.5. The number of nitrogens with zero attached hydrogens (tertiary/aromatic N) is 2. The number of aldehydes is 1. The lowest BCUT2D eigenvalue weighted by molar-refractivity contribution is -0.109. The summed E-state index contributed by atoms with van der Waals surface area (Å²) in [7, 11) is 0. The molecular formula is C16H24N2O. The number of hydrogen-bond acceptors (Lipinski definition) is 3. The van der Waals surface area contributed by atoms with Crippen LogP contribution < -0.4 is 0 Å². The number of carbonyl (C=O) groups is 1. The topological polar surface area (TPSA) is 23.6 Å². The monoisotopic (exact) mass is 260 g/mol. The molecule has 0 amide bonds. The van der Waals surface area contributed by atoms with Gasteiger partial charge in [-0.1, -0.05) is 17.7 Å². The highest BCUT2D eigenvalue weighted by molar-refractivity contribution is 5.52. The van der Waals surface area contributed by atoms with Crippen molar-refractivity contribution < 1.29 is 4.79 Å². The van der Waals surface area contributed by atoms with Crippen molar-refractivity contribution in [2.24, 2.45) is 0 Å². The second-order valence-corrected chi connectivity index (χ2v) is 5.62. The van der Waals surface area contributed by atoms with E-state index in [2.05, 4.69) is 42.7 Å². The van der Waals surface area contributed by atoms with Crippen molar-refractivity contribution in [2.45, 2.75) is 27.3 Å². The van der Waals surface area contributed by atoms with E-state index in [1.165, 1.54) is 22.3 Å². The Hall–Kier alpha value is -1.19. The fraction of sp³-hybridized carbons (Fsp3) is 0.562. The average molecular weight is 260 g/mol. The SMILES string of the molecule is Cc1cc(C)c(CN2CCN(CC=O)CC2)c(C)c1. The zero-order valence-electron chi connectivity index (χ0n) is 12.3. The molecule has 0 atom stereocenters. The molecular weight excluding hydrogens is 236 g/mol. The first-order chi connectivity index (χ1) is 9.10. The lowest BCUT2D eigenvalue weighted by atomic mass is 9.99. The fourth-order valence-electron chi connectivity index (χ4n) is 2.92. The van der Waals surface area contributed by atoms with E-state index in [-0.39, 0.29) is 0 Å². The van der Waals surface area contributed by atoms with E-state index < -0.39 is 0 Å². The molecule has 3 nitrogen and oxygen atoms in total. The molecule has 0 radical (unpaired) electrons. The Balaban J connectivity index is 1.98. The molecule has 1 aliphatic heterocycles. The van der Waals surface area contributed by atoms with Crippen molar-refractivity contribution >= 4 is 6.29 Å². The lowest BCUT2D eigenvalue weighted by Gasteiger charge is -2.34. The third-order valence-corrected chi connectivity index (χ3v) is 4.02. The predicted molar refractivity (Wildman–Crippen MR) is 78.4 cm³/mol. The van der Waals surface area contributed by atoms with E-state index >= 15 is 0 Å². The number of aryl methyl sites for hydroxylation is 3. The van der Waals surface area contributed by atoms with E-state index in [9.17, 15) is 4.79 Å². The smallest absolute Gasteiger partial charge is 0.133 e. The summed E-state index contributed by atoms with van der Waals surface area (Å²) < 4.78 is 0. The molecule has 1 aromatic carbocycles. The van der Waals surface area contributed by atoms with Crippen molar-refractivity contribution in [3.8, 4) is 0 Å². The highest BCUT2D eigenvalue weighted by Crippen LogP contribution is 2.19. The minimum atomic E-state index is 0.580. The van der Waals surface area contributed by atoms with Crippen LogP contribution in [0.2, 0.25) is 0 Å². The van der Waals surface area contributed by atoms with E-state index in [0.717, 1.165) is 39.0 Å². The quantitative estimate of drug-likeness (QED) is 0.773. The van der Waals surface area contributed by atoms with Crippen molar-refractivity contribution in [1.82, 2.24) is 9.80 Å². The summed E-state index contributed by atoms with van der Waals surface area (Å²) in [5, 5.41) is 0. The molecule has 19 heavy (non-hydrogen) atoms. The van der Waals surface area contributed by atoms with Crippen LogP contribution in [0.25, 0.3) is 0 Å². The number of rotatable bonds is 4. The summed E-state index contributed by atoms with van der Waals surface area (Å²) in [4.78, 5) is 15.2. The first-order valence-electron chi connectivity index (χ1n) is 7.05. The maximum Gasteiger partial charge on any atom is 0.133 e. The summed E-state index contributed by atoms with van der Waals surface area (Å²) >= 11 is 0. The van der Waals surface area contributed by atoms with Crippen LogP contribution in [0.3, 0.4) is 0 Å². The van der Waals surface area contributed by atoms with Crippen molar-refractivity contribution in [1.29, 1.82) is 0 Å². The molecule has 0 unspecified atom stereocenters. The third kappa shape index (κ3) is 3.64. The summed E-state index contributed by atoms with van der Waals surface area (Å²) in [6.45, 7) is 12.3. The molecule has 0 aliphatic carbocycles. The minimum absolute atomic E-state index is 0.580. The number of piperazine rings is 1. The molecule has 3 heteroatoms. The predicted octanol–water partition coefficient (Wildman–Crippen LogP) is 1.93. The number of carbonyl (C=O) groups excluding carboxylic acids is 1. The molecule has 0 spiro atoms. The standard InChI is InChI=1S/C16H24N2O/c1-13-10-14(2)16(15(3)11-13)12-18-6-4-17(5-7-18)8-9-19/h9-11H,4-8,12H2,1-3H3. The maximum atomic E-state index is 10.5. The van der Waals surface area contributed by atoms with Gasteiger partial charge in [-0.05, 0) is 37.5 Å². The molecule has 1 aromatic rings. The van der Waals surface area contributed by atoms with Gasteiger partial charge in [-0.3, -0.25) is 9.80 Å². The van der Waals surface area contributed by atoms with E-state index in [1.807, 2.05) is 0 Å². The minimum Gasteiger partial charge on any atom is -0.302 e. The Morgan fingerprint density at radius 3 is 2.05 bits per heavy atom. The highest BCUT2D eigenvalue weighted by Gasteiger charge is 2.17. The van der Waals surface area contributed by atoms with Gasteiger partial charge in [-0.15, -0.1) is 0 Å². The zero-order chi connectivity index (χ0) is 13.8. The largest absolute Gasteiger partial charge is 0.302 e. The number of hydrogen-bond donors (Lipinski definition) is 0. The first kappa shape index (κ1) is 14.2. The van der Waals surface area contributed by atoms with Gasteiger partial charge in [0.15, 0.2) is 0 Å². The fourth-order valence-corrected chi connectivity index (χ4v) is 2.92. The molecule has 104 valence electrons. The van der Waals surface area contributed by atoms with E-state index in [4.69, 9.17) is 0 Å². The average Bonchev–Trinajstić information content (AvgIpc) is 2.36. The van der Waals surface area contributed by atoms with Crippen LogP contribution in [0.4, 0.5) is 0 Å². The lowest BCUT2D eigenvalue weighted by Crippen LogP contribution is -2.46. The van der Waals surface area contributed by atoms with Crippen LogP contribution in [0, 0.1) is 20.8 Å². The Labute approximate surface area is 116 Å². The molecule has 1 heterocycles. The Morgan fingerprint density at radius 1 is 1.00 bits per heavy atom. The number of benzene rings is 1. The van der Waals surface area contributed by atoms with Crippen LogP contribution >= 0.6 is 0 Å². The van der Waals surface area contributed by atoms with Gasteiger partial charge in [-0.2, -0.15) is 0 Å². The Kier molecular flexibility index (Phi) is 4.72. The van der Waals surface area contributed by atoms with Gasteiger partial charge >= 0.3 is 0 Å². The molecule has 2 rings (SSSR count). The summed E-state index contributed by atoms with van der Waals surface area (Å²) in [6, 6.07) is 4.54. The second kappa shape index (κ2) is 6.31. The van der Waals surface area contributed by atoms with Gasteiger partial charge in [0.1, 0.15) is 6.29 Å². The zero-order valence-corrected chi connectivity index (χ0v) is 12.3. The molecule has 1 fully saturated rings. The molecule has 0 saturated carbocycles. The Morgan fingerprint density at radius 2 is 1.53 bits per heavy atom. The van der Waals surface area contributed by atoms with Gasteiger partial charge in [0, 0.05) is 32.7 Å². The van der Waals surface area contributed by atoms with Gasteiger partial charge in [0.2, 0.25) is 0 Å². The molecule has 1 aliphatic rings. The van der Waals surface area contributed by atoms with Crippen LogP contribution in [-0.4, -0.2) is 48.8 Å². The molecule has 1 saturated heterocycles. The summed E-state index contributed by atoms with van der Waals surface area (Å²) in [5.74, 6) is 0. The van der Waals surface area contributed by atoms with Crippen LogP contribution in [0.5, 0.6) is 0 Å². The summed E-state index contributed by atoms with van der Waals surface area (Å²) in [5.41, 5.74) is 5.60. The van der Waals surface area contributed by atoms with Crippen molar-refractivity contribution in [2.75, 3.05) is 32.7 Å². The Bertz CT molecular complexity index is 425. The van der Waals surface area contributed by atoms with Gasteiger partial charge in [0.25, 0.3) is 0 Å². The van der Waals surface area contributed by atoms with Gasteiger partial charge in [-0.25, -0.2) is 0 Å². The van der Waals surface area contributed by atoms with E-state index in [1.54, 1.807) is 0 Å². The van der Waals surface area contributed by atoms with Crippen molar-refractivity contribution in [3.63, 3.8) is 0 Å². The summed E-state index contributed by atoms with van der Waals surface area (Å²) in [6.07, 6.45) is 1.00. The first-order valence-corrected chi connectivity index (χ1v) is 7.05. The van der Waals surface area contributed by atoms with E-state index in [0.29, 0.717) is 6.54 Å². The van der Waals surface area contributed by atoms with Crippen LogP contribution in [0.1, 0.15) is 22.3 Å². The van der Waals surface area contributed by atoms with Gasteiger partial charge in [0.05, 0.1) is 6.54 Å². The molecule has 0 aromatic heterocycles.